The first-order chi connectivity index (χ1) is 12.4. The van der Waals surface area contributed by atoms with Gasteiger partial charge in [0.15, 0.2) is 6.61 Å². The van der Waals surface area contributed by atoms with Gasteiger partial charge in [-0.25, -0.2) is 14.4 Å². The Morgan fingerprint density at radius 1 is 0.846 bits per heavy atom. The fourth-order valence-electron chi connectivity index (χ4n) is 1.96. The van der Waals surface area contributed by atoms with E-state index in [0.29, 0.717) is 10.8 Å². The molecule has 0 aliphatic rings. The second-order valence-corrected chi connectivity index (χ2v) is 5.38. The molecule has 8 heteroatoms. The van der Waals surface area contributed by atoms with E-state index >= 15 is 0 Å². The fourth-order valence-corrected chi connectivity index (χ4v) is 2.09. The average Bonchev–Trinajstić information content (AvgIpc) is 2.65. The molecule has 0 radical (unpaired) electrons. The molecule has 0 atom stereocenters. The number of halogens is 1. The smallest absolute Gasteiger partial charge is 0.349 e. The van der Waals surface area contributed by atoms with E-state index < -0.39 is 17.9 Å². The first-order valence-corrected chi connectivity index (χ1v) is 7.71. The lowest BCUT2D eigenvalue weighted by molar-refractivity contribution is -0.136. The van der Waals surface area contributed by atoms with E-state index in [1.807, 2.05) is 0 Å². The second-order valence-electron chi connectivity index (χ2n) is 4.95. The van der Waals surface area contributed by atoms with Crippen molar-refractivity contribution in [2.45, 2.75) is 0 Å². The van der Waals surface area contributed by atoms with Crippen molar-refractivity contribution >= 4 is 29.5 Å². The Labute approximate surface area is 154 Å². The lowest BCUT2D eigenvalue weighted by Gasteiger charge is -2.09. The maximum atomic E-state index is 11.9. The molecule has 0 aliphatic carbocycles. The molecule has 26 heavy (non-hydrogen) atoms. The molecule has 0 aromatic heterocycles. The molecule has 2 rings (SSSR count). The molecule has 0 heterocycles. The zero-order valence-electron chi connectivity index (χ0n) is 14.0. The van der Waals surface area contributed by atoms with E-state index in [2.05, 4.69) is 9.47 Å². The van der Waals surface area contributed by atoms with Gasteiger partial charge < -0.3 is 18.9 Å². The summed E-state index contributed by atoms with van der Waals surface area (Å²) in [5.74, 6) is -1.68. The summed E-state index contributed by atoms with van der Waals surface area (Å²) < 4.78 is 19.6. The third kappa shape index (κ3) is 5.22. The van der Waals surface area contributed by atoms with E-state index in [9.17, 15) is 14.4 Å². The number of esters is 3. The monoisotopic (exact) mass is 378 g/mol. The predicted octanol–water partition coefficient (Wildman–Crippen LogP) is 2.90. The maximum Gasteiger partial charge on any atom is 0.349 e. The van der Waals surface area contributed by atoms with Gasteiger partial charge in [0.1, 0.15) is 11.5 Å². The molecule has 0 saturated heterocycles. The molecule has 0 fully saturated rings. The molecule has 0 N–H and O–H groups in total. The highest BCUT2D eigenvalue weighted by Gasteiger charge is 2.16. The number of ether oxygens (including phenoxy) is 4. The minimum atomic E-state index is -0.724. The highest BCUT2D eigenvalue weighted by Crippen LogP contribution is 2.20. The molecule has 2 aromatic rings. The third-order valence-electron chi connectivity index (χ3n) is 3.15. The van der Waals surface area contributed by atoms with Crippen molar-refractivity contribution in [2.24, 2.45) is 0 Å². The molecule has 0 amide bonds. The van der Waals surface area contributed by atoms with Crippen LogP contribution in [-0.2, 0) is 14.3 Å². The molecular weight excluding hydrogens is 364 g/mol. The van der Waals surface area contributed by atoms with Crippen molar-refractivity contribution in [1.82, 2.24) is 0 Å². The van der Waals surface area contributed by atoms with Crippen LogP contribution in [0.3, 0.4) is 0 Å². The molecule has 0 aliphatic heterocycles. The first-order valence-electron chi connectivity index (χ1n) is 7.33. The Hall–Kier alpha value is -3.06. The minimum absolute atomic E-state index is 0.0157. The summed E-state index contributed by atoms with van der Waals surface area (Å²) in [7, 11) is 2.39. The van der Waals surface area contributed by atoms with Crippen LogP contribution in [0.15, 0.2) is 42.5 Å². The summed E-state index contributed by atoms with van der Waals surface area (Å²) in [6, 6.07) is 10.3. The zero-order valence-corrected chi connectivity index (χ0v) is 14.7. The molecular formula is C18H15ClO7. The van der Waals surface area contributed by atoms with Crippen molar-refractivity contribution < 1.29 is 33.3 Å². The fraction of sp³-hybridized carbons (Fsp3) is 0.167. The number of hydrogen-bond donors (Lipinski definition) is 0. The summed E-state index contributed by atoms with van der Waals surface area (Å²) in [5, 5.41) is 0.537. The standard InChI is InChI=1S/C18H15ClO7/c1-23-17(21)11-7-12(18(22)24-2)9-15(8-11)26-16(20)10-25-14-5-3-13(19)4-6-14/h3-9H,10H2,1-2H3. The zero-order chi connectivity index (χ0) is 19.1. The molecule has 0 spiro atoms. The molecule has 0 unspecified atom stereocenters. The van der Waals surface area contributed by atoms with Gasteiger partial charge in [-0.15, -0.1) is 0 Å². The Kier molecular flexibility index (Phi) is 6.57. The Balaban J connectivity index is 2.11. The Morgan fingerprint density at radius 2 is 1.38 bits per heavy atom. The average molecular weight is 379 g/mol. The quantitative estimate of drug-likeness (QED) is 0.564. The van der Waals surface area contributed by atoms with Crippen LogP contribution in [-0.4, -0.2) is 38.7 Å². The van der Waals surface area contributed by atoms with Crippen molar-refractivity contribution in [3.63, 3.8) is 0 Å². The van der Waals surface area contributed by atoms with E-state index in [-0.39, 0.29) is 23.5 Å². The maximum absolute atomic E-state index is 11.9. The molecule has 136 valence electrons. The summed E-state index contributed by atoms with van der Waals surface area (Å²) in [5.41, 5.74) is 0.0774. The SMILES string of the molecule is COC(=O)c1cc(OC(=O)COc2ccc(Cl)cc2)cc(C(=O)OC)c1. The van der Waals surface area contributed by atoms with Gasteiger partial charge in [-0.2, -0.15) is 0 Å². The lowest BCUT2D eigenvalue weighted by atomic mass is 10.1. The van der Waals surface area contributed by atoms with Crippen molar-refractivity contribution in [3.8, 4) is 11.5 Å². The van der Waals surface area contributed by atoms with Gasteiger partial charge in [0, 0.05) is 5.02 Å². The van der Waals surface area contributed by atoms with Crippen LogP contribution in [0.4, 0.5) is 0 Å². The van der Waals surface area contributed by atoms with Gasteiger partial charge >= 0.3 is 17.9 Å². The van der Waals surface area contributed by atoms with Crippen LogP contribution in [0, 0.1) is 0 Å². The highest BCUT2D eigenvalue weighted by atomic mass is 35.5. The number of methoxy groups -OCH3 is 2. The van der Waals surface area contributed by atoms with Crippen LogP contribution >= 0.6 is 11.6 Å². The minimum Gasteiger partial charge on any atom is -0.482 e. The topological polar surface area (TPSA) is 88.1 Å². The van der Waals surface area contributed by atoms with Crippen LogP contribution < -0.4 is 9.47 Å². The largest absolute Gasteiger partial charge is 0.482 e. The van der Waals surface area contributed by atoms with Gasteiger partial charge in [-0.3, -0.25) is 0 Å². The van der Waals surface area contributed by atoms with Crippen LogP contribution in [0.25, 0.3) is 0 Å². The normalized spacial score (nSPS) is 9.96. The Bertz CT molecular complexity index is 781. The van der Waals surface area contributed by atoms with Gasteiger partial charge in [-0.1, -0.05) is 11.6 Å². The summed E-state index contributed by atoms with van der Waals surface area (Å²) in [6.07, 6.45) is 0. The van der Waals surface area contributed by atoms with E-state index in [1.54, 1.807) is 24.3 Å². The van der Waals surface area contributed by atoms with E-state index in [1.165, 1.54) is 32.4 Å². The third-order valence-corrected chi connectivity index (χ3v) is 3.40. The number of rotatable bonds is 6. The second kappa shape index (κ2) is 8.87. The van der Waals surface area contributed by atoms with Gasteiger partial charge in [-0.05, 0) is 42.5 Å². The molecule has 2 aromatic carbocycles. The first kappa shape index (κ1) is 19.3. The van der Waals surface area contributed by atoms with Crippen molar-refractivity contribution in [3.05, 3.63) is 58.6 Å². The van der Waals surface area contributed by atoms with Crippen molar-refractivity contribution in [1.29, 1.82) is 0 Å². The van der Waals surface area contributed by atoms with Crippen LogP contribution in [0.5, 0.6) is 11.5 Å². The summed E-state index contributed by atoms with van der Waals surface area (Å²) in [6.45, 7) is -0.377. The Morgan fingerprint density at radius 3 is 1.88 bits per heavy atom. The van der Waals surface area contributed by atoms with E-state index in [0.717, 1.165) is 0 Å². The molecule has 7 nitrogen and oxygen atoms in total. The molecule has 0 saturated carbocycles. The van der Waals surface area contributed by atoms with E-state index in [4.69, 9.17) is 21.1 Å². The van der Waals surface area contributed by atoms with Gasteiger partial charge in [0.25, 0.3) is 0 Å². The van der Waals surface area contributed by atoms with Crippen LogP contribution in [0.1, 0.15) is 20.7 Å². The molecule has 0 bridgehead atoms. The van der Waals surface area contributed by atoms with Crippen LogP contribution in [0.2, 0.25) is 5.02 Å². The number of carbonyl (C=O) groups excluding carboxylic acids is 3. The number of carbonyl (C=O) groups is 3. The predicted molar refractivity (Wildman–Crippen MR) is 91.7 cm³/mol. The summed E-state index contributed by atoms with van der Waals surface area (Å²) >= 11 is 5.76. The number of hydrogen-bond acceptors (Lipinski definition) is 7. The lowest BCUT2D eigenvalue weighted by Crippen LogP contribution is -2.18. The number of benzene rings is 2. The summed E-state index contributed by atoms with van der Waals surface area (Å²) in [4.78, 5) is 35.4. The van der Waals surface area contributed by atoms with Crippen molar-refractivity contribution in [2.75, 3.05) is 20.8 Å². The van der Waals surface area contributed by atoms with Gasteiger partial charge in [0.2, 0.25) is 0 Å². The van der Waals surface area contributed by atoms with Gasteiger partial charge in [0.05, 0.1) is 25.3 Å². The highest BCUT2D eigenvalue weighted by molar-refractivity contribution is 6.30.